The lowest BCUT2D eigenvalue weighted by molar-refractivity contribution is 0.298. The number of sulfonamides is 1. The molecule has 136 valence electrons. The van der Waals surface area contributed by atoms with E-state index in [1.54, 1.807) is 6.07 Å². The lowest BCUT2D eigenvalue weighted by atomic mass is 10.2. The van der Waals surface area contributed by atoms with Gasteiger partial charge in [0.1, 0.15) is 28.9 Å². The predicted molar refractivity (Wildman–Crippen MR) is 95.1 cm³/mol. The van der Waals surface area contributed by atoms with Gasteiger partial charge in [-0.2, -0.15) is 0 Å². The molecule has 1 heterocycles. The molecule has 0 amide bonds. The summed E-state index contributed by atoms with van der Waals surface area (Å²) in [6.45, 7) is -0.186. The topological polar surface area (TPSA) is 68.3 Å². The molecule has 0 aliphatic rings. The normalized spacial score (nSPS) is 11.3. The molecule has 0 spiro atoms. The Morgan fingerprint density at radius 1 is 1.19 bits per heavy atom. The number of aromatic nitrogens is 1. The quantitative estimate of drug-likeness (QED) is 0.644. The highest BCUT2D eigenvalue weighted by atomic mass is 35.5. The number of hydrogen-bond donors (Lipinski definition) is 1. The summed E-state index contributed by atoms with van der Waals surface area (Å²) in [6.07, 6.45) is 0. The van der Waals surface area contributed by atoms with Crippen LogP contribution in [0.5, 0.6) is 5.75 Å². The van der Waals surface area contributed by atoms with Gasteiger partial charge >= 0.3 is 0 Å². The van der Waals surface area contributed by atoms with Crippen LogP contribution < -0.4 is 9.46 Å². The van der Waals surface area contributed by atoms with Crippen molar-refractivity contribution in [3.63, 3.8) is 0 Å². The lowest BCUT2D eigenvalue weighted by Gasteiger charge is -2.12. The molecule has 0 saturated heterocycles. The molecule has 10 heteroatoms. The lowest BCUT2D eigenvalue weighted by Crippen LogP contribution is -2.15. The molecule has 1 N–H and O–H groups in total. The first-order valence-electron chi connectivity index (χ1n) is 7.13. The molecule has 0 saturated carbocycles. The van der Waals surface area contributed by atoms with Crippen LogP contribution in [0, 0.1) is 11.6 Å². The Morgan fingerprint density at radius 3 is 2.65 bits per heavy atom. The summed E-state index contributed by atoms with van der Waals surface area (Å²) in [5.41, 5.74) is 1.69. The number of anilines is 1. The van der Waals surface area contributed by atoms with Gasteiger partial charge in [-0.3, -0.25) is 4.72 Å². The van der Waals surface area contributed by atoms with Crippen LogP contribution in [0.2, 0.25) is 5.02 Å². The van der Waals surface area contributed by atoms with Crippen LogP contribution in [0.4, 0.5) is 14.6 Å². The van der Waals surface area contributed by atoms with Crippen molar-refractivity contribution < 1.29 is 21.9 Å². The first-order valence-corrected chi connectivity index (χ1v) is 9.93. The fourth-order valence-electron chi connectivity index (χ4n) is 2.05. The van der Waals surface area contributed by atoms with Crippen LogP contribution >= 0.6 is 22.9 Å². The summed E-state index contributed by atoms with van der Waals surface area (Å²) in [5, 5.41) is 1.34. The van der Waals surface area contributed by atoms with Crippen molar-refractivity contribution in [2.45, 2.75) is 11.5 Å². The Balaban J connectivity index is 1.83. The van der Waals surface area contributed by atoms with E-state index < -0.39 is 26.6 Å². The van der Waals surface area contributed by atoms with E-state index in [4.69, 9.17) is 16.3 Å². The van der Waals surface area contributed by atoms with Crippen molar-refractivity contribution in [1.29, 1.82) is 0 Å². The summed E-state index contributed by atoms with van der Waals surface area (Å²) in [4.78, 5) is 3.14. The number of nitrogens with zero attached hydrogens (tertiary/aromatic N) is 1. The highest BCUT2D eigenvalue weighted by Crippen LogP contribution is 2.31. The second-order valence-corrected chi connectivity index (χ2v) is 7.85. The first-order chi connectivity index (χ1) is 12.4. The van der Waals surface area contributed by atoms with Gasteiger partial charge in [0.25, 0.3) is 10.0 Å². The minimum absolute atomic E-state index is 0.0744. The van der Waals surface area contributed by atoms with E-state index in [2.05, 4.69) is 9.71 Å². The summed E-state index contributed by atoms with van der Waals surface area (Å²) >= 11 is 7.19. The fraction of sp³-hybridized carbons (Fsp3) is 0.0625. The summed E-state index contributed by atoms with van der Waals surface area (Å²) < 4.78 is 59.9. The number of nitrogens with one attached hydrogen (secondary N) is 1. The molecule has 1 aromatic heterocycles. The monoisotopic (exact) mass is 416 g/mol. The Morgan fingerprint density at radius 2 is 1.96 bits per heavy atom. The van der Waals surface area contributed by atoms with E-state index in [0.717, 1.165) is 12.1 Å². The van der Waals surface area contributed by atoms with Gasteiger partial charge in [-0.25, -0.2) is 22.2 Å². The molecular weight excluding hydrogens is 406 g/mol. The van der Waals surface area contributed by atoms with Gasteiger partial charge < -0.3 is 4.74 Å². The Bertz CT molecular complexity index is 1030. The number of rotatable bonds is 6. The van der Waals surface area contributed by atoms with E-state index >= 15 is 0 Å². The third kappa shape index (κ3) is 4.12. The summed E-state index contributed by atoms with van der Waals surface area (Å²) in [6, 6.07) is 7.71. The highest BCUT2D eigenvalue weighted by molar-refractivity contribution is 7.92. The van der Waals surface area contributed by atoms with E-state index in [-0.39, 0.29) is 28.8 Å². The van der Waals surface area contributed by atoms with Gasteiger partial charge in [0.05, 0.1) is 10.5 Å². The van der Waals surface area contributed by atoms with Crippen molar-refractivity contribution in [3.05, 3.63) is 69.5 Å². The maximum Gasteiger partial charge on any atom is 0.266 e. The van der Waals surface area contributed by atoms with Crippen molar-refractivity contribution in [2.24, 2.45) is 0 Å². The average molecular weight is 417 g/mol. The zero-order valence-corrected chi connectivity index (χ0v) is 15.3. The van der Waals surface area contributed by atoms with Gasteiger partial charge in [-0.1, -0.05) is 29.8 Å². The van der Waals surface area contributed by atoms with Crippen LogP contribution in [0.1, 0.15) is 5.56 Å². The average Bonchev–Trinajstić information content (AvgIpc) is 3.08. The Hall–Kier alpha value is -2.23. The van der Waals surface area contributed by atoms with E-state index in [9.17, 15) is 17.2 Å². The van der Waals surface area contributed by atoms with Crippen LogP contribution in [0.15, 0.2) is 52.2 Å². The minimum atomic E-state index is -4.21. The standard InChI is InChI=1S/C16H11ClF2N2O3S2/c17-11-5-15(26(22,23)21-16-8-25-9-20-16)13(19)6-14(11)24-7-10-3-1-2-4-12(10)18/h1-6,8-9,21H,7H2. The second-order valence-electron chi connectivity index (χ2n) is 5.07. The van der Waals surface area contributed by atoms with Crippen LogP contribution in [0.25, 0.3) is 0 Å². The first kappa shape index (κ1) is 18.6. The number of halogens is 3. The molecule has 0 fully saturated rings. The molecule has 0 aliphatic heterocycles. The van der Waals surface area contributed by atoms with Gasteiger partial charge in [-0.15, -0.1) is 11.3 Å². The molecule has 2 aromatic carbocycles. The number of ether oxygens (including phenoxy) is 1. The van der Waals surface area contributed by atoms with Gasteiger partial charge in [0.2, 0.25) is 0 Å². The largest absolute Gasteiger partial charge is 0.487 e. The number of thiazole rings is 1. The molecule has 0 radical (unpaired) electrons. The molecule has 26 heavy (non-hydrogen) atoms. The van der Waals surface area contributed by atoms with E-state index in [1.165, 1.54) is 40.4 Å². The molecule has 0 aliphatic carbocycles. The van der Waals surface area contributed by atoms with Crippen LogP contribution in [0.3, 0.4) is 0 Å². The zero-order chi connectivity index (χ0) is 18.7. The Kier molecular flexibility index (Phi) is 5.40. The molecule has 5 nitrogen and oxygen atoms in total. The third-order valence-electron chi connectivity index (χ3n) is 3.29. The van der Waals surface area contributed by atoms with Gasteiger partial charge in [-0.05, 0) is 12.1 Å². The third-order valence-corrected chi connectivity index (χ3v) is 5.54. The van der Waals surface area contributed by atoms with Crippen LogP contribution in [-0.2, 0) is 16.6 Å². The maximum absolute atomic E-state index is 14.3. The fourth-order valence-corrected chi connectivity index (χ4v) is 3.98. The summed E-state index contributed by atoms with van der Waals surface area (Å²) in [5.74, 6) is -1.55. The van der Waals surface area contributed by atoms with Gasteiger partial charge in [0, 0.05) is 17.0 Å². The second kappa shape index (κ2) is 7.56. The molecule has 0 atom stereocenters. The molecule has 0 unspecified atom stereocenters. The molecule has 3 rings (SSSR count). The van der Waals surface area contributed by atoms with E-state index in [1.807, 2.05) is 0 Å². The van der Waals surface area contributed by atoms with Crippen molar-refractivity contribution >= 4 is 38.8 Å². The SMILES string of the molecule is O=S(=O)(Nc1cscn1)c1cc(Cl)c(OCc2ccccc2F)cc1F. The molecular formula is C16H11ClF2N2O3S2. The molecule has 0 bridgehead atoms. The van der Waals surface area contributed by atoms with Crippen molar-refractivity contribution in [1.82, 2.24) is 4.98 Å². The zero-order valence-electron chi connectivity index (χ0n) is 12.9. The highest BCUT2D eigenvalue weighted by Gasteiger charge is 2.23. The van der Waals surface area contributed by atoms with Crippen LogP contribution in [-0.4, -0.2) is 13.4 Å². The number of hydrogen-bond acceptors (Lipinski definition) is 5. The van der Waals surface area contributed by atoms with Crippen molar-refractivity contribution in [2.75, 3.05) is 4.72 Å². The van der Waals surface area contributed by atoms with Crippen molar-refractivity contribution in [3.8, 4) is 5.75 Å². The smallest absolute Gasteiger partial charge is 0.266 e. The van der Waals surface area contributed by atoms with E-state index in [0.29, 0.717) is 0 Å². The Labute approximate surface area is 157 Å². The number of benzene rings is 2. The minimum Gasteiger partial charge on any atom is -0.487 e. The summed E-state index contributed by atoms with van der Waals surface area (Å²) in [7, 11) is -4.21. The van der Waals surface area contributed by atoms with Gasteiger partial charge in [0.15, 0.2) is 5.82 Å². The molecule has 3 aromatic rings. The predicted octanol–water partition coefficient (Wildman–Crippen LogP) is 4.45. The maximum atomic E-state index is 14.3.